The molecule has 0 bridgehead atoms. The van der Waals surface area contributed by atoms with Crippen molar-refractivity contribution in [2.45, 2.75) is 19.3 Å². The average Bonchev–Trinajstić information content (AvgIpc) is 3.24. The molecule has 1 saturated heterocycles. The van der Waals surface area contributed by atoms with Crippen LogP contribution in [0.3, 0.4) is 0 Å². The lowest BCUT2D eigenvalue weighted by atomic mass is 9.94. The molecule has 0 amide bonds. The molecule has 1 aliphatic heterocycles. The van der Waals surface area contributed by atoms with Crippen LogP contribution in [0, 0.1) is 5.92 Å². The van der Waals surface area contributed by atoms with Gasteiger partial charge >= 0.3 is 0 Å². The minimum Gasteiger partial charge on any atom is -0.494 e. The highest BCUT2D eigenvalue weighted by Gasteiger charge is 2.20. The smallest absolute Gasteiger partial charge is 0.256 e. The number of fused-ring (bicyclic) bond motifs is 1. The fourth-order valence-electron chi connectivity index (χ4n) is 4.65. The Morgan fingerprint density at radius 1 is 1.03 bits per heavy atom. The number of hydrogen-bond acceptors (Lipinski definition) is 8. The maximum atomic E-state index is 10.9. The number of pyridine rings is 3. The van der Waals surface area contributed by atoms with E-state index in [2.05, 4.69) is 14.9 Å². The molecule has 0 unspecified atom stereocenters. The number of piperidine rings is 1. The monoisotopic (exact) mass is 475 g/mol. The quantitative estimate of drug-likeness (QED) is 0.416. The topological polar surface area (TPSA) is 106 Å². The van der Waals surface area contributed by atoms with Gasteiger partial charge in [-0.3, -0.25) is 4.57 Å². The third-order valence-corrected chi connectivity index (χ3v) is 6.66. The molecule has 0 saturated carbocycles. The summed E-state index contributed by atoms with van der Waals surface area (Å²) in [6, 6.07) is 9.46. The van der Waals surface area contributed by atoms with Gasteiger partial charge in [-0.1, -0.05) is 0 Å². The van der Waals surface area contributed by atoms with E-state index in [-0.39, 0.29) is 12.5 Å². The SMILES string of the molecule is COc1cc(-c2ccc3c(O)n(-c4ccc(N5CCC(CCO)CC5)nc4)cc3n2)cnc1OC. The van der Waals surface area contributed by atoms with Crippen molar-refractivity contribution < 1.29 is 19.7 Å². The summed E-state index contributed by atoms with van der Waals surface area (Å²) in [5.41, 5.74) is 2.91. The number of ether oxygens (including phenoxy) is 2. The average molecular weight is 476 g/mol. The first-order valence-electron chi connectivity index (χ1n) is 11.7. The molecule has 1 aliphatic rings. The Morgan fingerprint density at radius 2 is 1.86 bits per heavy atom. The fourth-order valence-corrected chi connectivity index (χ4v) is 4.65. The van der Waals surface area contributed by atoms with Gasteiger partial charge in [-0.05, 0) is 55.5 Å². The Bertz CT molecular complexity index is 1310. The zero-order valence-corrected chi connectivity index (χ0v) is 19.9. The van der Waals surface area contributed by atoms with E-state index >= 15 is 0 Å². The van der Waals surface area contributed by atoms with Gasteiger partial charge in [0.25, 0.3) is 5.88 Å². The summed E-state index contributed by atoms with van der Waals surface area (Å²) >= 11 is 0. The lowest BCUT2D eigenvalue weighted by molar-refractivity contribution is 0.240. The summed E-state index contributed by atoms with van der Waals surface area (Å²) < 4.78 is 12.3. The lowest BCUT2D eigenvalue weighted by Gasteiger charge is -2.32. The number of hydrogen-bond donors (Lipinski definition) is 2. The second-order valence-electron chi connectivity index (χ2n) is 8.70. The predicted octanol–water partition coefficient (Wildman–Crippen LogP) is 3.80. The van der Waals surface area contributed by atoms with Crippen molar-refractivity contribution >= 4 is 16.7 Å². The second-order valence-corrected chi connectivity index (χ2v) is 8.70. The summed E-state index contributed by atoms with van der Waals surface area (Å²) in [6.45, 7) is 2.13. The molecule has 0 spiro atoms. The van der Waals surface area contributed by atoms with E-state index in [4.69, 9.17) is 19.6 Å². The Hall–Kier alpha value is -3.85. The summed E-state index contributed by atoms with van der Waals surface area (Å²) in [5.74, 6) is 2.56. The minimum atomic E-state index is 0.115. The molecule has 0 aromatic carbocycles. The van der Waals surface area contributed by atoms with Gasteiger partial charge in [-0.25, -0.2) is 15.0 Å². The number of rotatable bonds is 7. The van der Waals surface area contributed by atoms with E-state index in [9.17, 15) is 5.11 Å². The van der Waals surface area contributed by atoms with Crippen LogP contribution in [-0.2, 0) is 0 Å². The van der Waals surface area contributed by atoms with Crippen LogP contribution in [0.25, 0.3) is 27.8 Å². The molecule has 9 heteroatoms. The van der Waals surface area contributed by atoms with Gasteiger partial charge in [0, 0.05) is 37.7 Å². The molecule has 2 N–H and O–H groups in total. The third kappa shape index (κ3) is 4.46. The summed E-state index contributed by atoms with van der Waals surface area (Å²) in [5, 5.41) is 20.7. The highest BCUT2D eigenvalue weighted by molar-refractivity contribution is 5.87. The number of aromatic nitrogens is 4. The van der Waals surface area contributed by atoms with Crippen LogP contribution in [0.2, 0.25) is 0 Å². The summed E-state index contributed by atoms with van der Waals surface area (Å²) in [4.78, 5) is 15.9. The van der Waals surface area contributed by atoms with Crippen molar-refractivity contribution in [1.29, 1.82) is 0 Å². The van der Waals surface area contributed by atoms with Crippen LogP contribution in [0.15, 0.2) is 48.9 Å². The van der Waals surface area contributed by atoms with Crippen LogP contribution in [-0.4, -0.2) is 63.6 Å². The number of aliphatic hydroxyl groups excluding tert-OH is 1. The van der Waals surface area contributed by atoms with Crippen LogP contribution in [0.1, 0.15) is 19.3 Å². The molecule has 0 radical (unpaired) electrons. The van der Waals surface area contributed by atoms with Gasteiger partial charge in [0.15, 0.2) is 5.75 Å². The maximum Gasteiger partial charge on any atom is 0.256 e. The van der Waals surface area contributed by atoms with Gasteiger partial charge in [-0.2, -0.15) is 0 Å². The molecule has 5 heterocycles. The fraction of sp³-hybridized carbons (Fsp3) is 0.346. The molecule has 1 fully saturated rings. The lowest BCUT2D eigenvalue weighted by Crippen LogP contribution is -2.34. The summed E-state index contributed by atoms with van der Waals surface area (Å²) in [6.07, 6.45) is 8.27. The van der Waals surface area contributed by atoms with Crippen LogP contribution >= 0.6 is 0 Å². The predicted molar refractivity (Wildman–Crippen MR) is 134 cm³/mol. The van der Waals surface area contributed by atoms with Gasteiger partial charge in [0.1, 0.15) is 5.82 Å². The van der Waals surface area contributed by atoms with E-state index < -0.39 is 0 Å². The van der Waals surface area contributed by atoms with Gasteiger partial charge in [0.05, 0.1) is 42.7 Å². The minimum absolute atomic E-state index is 0.115. The van der Waals surface area contributed by atoms with Crippen molar-refractivity contribution in [3.05, 3.63) is 48.9 Å². The van der Waals surface area contributed by atoms with Crippen LogP contribution in [0.5, 0.6) is 17.5 Å². The Labute approximate surface area is 203 Å². The van der Waals surface area contributed by atoms with E-state index in [1.54, 1.807) is 37.4 Å². The van der Waals surface area contributed by atoms with Gasteiger partial charge < -0.3 is 24.6 Å². The molecule has 9 nitrogen and oxygen atoms in total. The summed E-state index contributed by atoms with van der Waals surface area (Å²) in [7, 11) is 3.11. The Balaban J connectivity index is 1.39. The van der Waals surface area contributed by atoms with E-state index in [1.165, 1.54) is 0 Å². The number of anilines is 1. The highest BCUT2D eigenvalue weighted by atomic mass is 16.5. The second kappa shape index (κ2) is 9.79. The number of nitrogens with zero attached hydrogens (tertiary/aromatic N) is 5. The van der Waals surface area contributed by atoms with E-state index in [0.717, 1.165) is 49.4 Å². The van der Waals surface area contributed by atoms with E-state index in [1.807, 2.05) is 30.3 Å². The molecule has 182 valence electrons. The van der Waals surface area contributed by atoms with Crippen molar-refractivity contribution in [2.75, 3.05) is 38.8 Å². The molecule has 5 rings (SSSR count). The van der Waals surface area contributed by atoms with Gasteiger partial charge in [0.2, 0.25) is 5.88 Å². The highest BCUT2D eigenvalue weighted by Crippen LogP contribution is 2.34. The number of aromatic hydroxyl groups is 1. The zero-order valence-electron chi connectivity index (χ0n) is 19.9. The molecule has 35 heavy (non-hydrogen) atoms. The molecule has 0 atom stereocenters. The standard InChI is InChI=1S/C26H29N5O4/c1-34-23-13-18(14-28-25(23)35-2)21-5-4-20-22(29-21)16-31(26(20)33)19-3-6-24(27-15-19)30-10-7-17(8-11-30)9-12-32/h3-6,13-17,32-33H,7-12H2,1-2H3. The van der Waals surface area contributed by atoms with Crippen LogP contribution in [0.4, 0.5) is 5.82 Å². The van der Waals surface area contributed by atoms with Crippen molar-refractivity contribution in [3.8, 4) is 34.5 Å². The Morgan fingerprint density at radius 3 is 2.54 bits per heavy atom. The van der Waals surface area contributed by atoms with Gasteiger partial charge in [-0.15, -0.1) is 0 Å². The van der Waals surface area contributed by atoms with Crippen LogP contribution < -0.4 is 14.4 Å². The molecular weight excluding hydrogens is 446 g/mol. The maximum absolute atomic E-state index is 10.9. The largest absolute Gasteiger partial charge is 0.494 e. The van der Waals surface area contributed by atoms with Crippen molar-refractivity contribution in [2.24, 2.45) is 5.92 Å². The molecule has 0 aliphatic carbocycles. The molecule has 4 aromatic heterocycles. The van der Waals surface area contributed by atoms with E-state index in [0.29, 0.717) is 34.1 Å². The molecule has 4 aromatic rings. The zero-order chi connectivity index (χ0) is 24.4. The van der Waals surface area contributed by atoms with Crippen molar-refractivity contribution in [1.82, 2.24) is 19.5 Å². The molecular formula is C26H29N5O4. The number of aliphatic hydroxyl groups is 1. The first-order chi connectivity index (χ1) is 17.1. The first kappa shape index (κ1) is 22.9. The first-order valence-corrected chi connectivity index (χ1v) is 11.7. The normalized spacial score (nSPS) is 14.4. The number of methoxy groups -OCH3 is 2. The Kier molecular flexibility index (Phi) is 6.41. The third-order valence-electron chi connectivity index (χ3n) is 6.66. The van der Waals surface area contributed by atoms with Crippen molar-refractivity contribution in [3.63, 3.8) is 0 Å².